The number of unbranched alkanes of at least 4 members (excludes halogenated alkanes) is 15. The van der Waals surface area contributed by atoms with E-state index in [1.54, 1.807) is 20.8 Å². The Hall–Kier alpha value is -1.79. The monoisotopic (exact) mass is 498 g/mol. The fourth-order valence-electron chi connectivity index (χ4n) is 3.99. The summed E-state index contributed by atoms with van der Waals surface area (Å²) in [5.74, 6) is -1.37. The van der Waals surface area contributed by atoms with Crippen LogP contribution in [0.15, 0.2) is 0 Å². The van der Waals surface area contributed by atoms with Gasteiger partial charge in [0.05, 0.1) is 0 Å². The molecule has 206 valence electrons. The molecule has 7 nitrogen and oxygen atoms in total. The van der Waals surface area contributed by atoms with Crippen molar-refractivity contribution >= 4 is 18.0 Å². The normalized spacial score (nSPS) is 12.2. The van der Waals surface area contributed by atoms with Crippen molar-refractivity contribution in [2.24, 2.45) is 0 Å². The van der Waals surface area contributed by atoms with Crippen molar-refractivity contribution < 1.29 is 24.2 Å². The standard InChI is InChI=1S/C28H54N2O5/c1-5-6-7-8-9-10-11-12-13-14-15-16-17-18-19-20-23-29-26(33)24(21-22-25(31)32)30-27(34)35-28(2,3)4/h24H,5-23H2,1-4H3,(H,29,33)(H,30,34)(H,31,32)/t24-/m0/s1. The average molecular weight is 499 g/mol. The van der Waals surface area contributed by atoms with E-state index in [1.807, 2.05) is 0 Å². The number of carboxylic acids is 1. The van der Waals surface area contributed by atoms with Crippen LogP contribution in [-0.2, 0) is 14.3 Å². The first-order valence-corrected chi connectivity index (χ1v) is 14.1. The van der Waals surface area contributed by atoms with Crippen molar-refractivity contribution in [3.63, 3.8) is 0 Å². The highest BCUT2D eigenvalue weighted by Crippen LogP contribution is 2.14. The highest BCUT2D eigenvalue weighted by atomic mass is 16.6. The van der Waals surface area contributed by atoms with Crippen molar-refractivity contribution in [3.05, 3.63) is 0 Å². The molecular formula is C28H54N2O5. The van der Waals surface area contributed by atoms with Crippen molar-refractivity contribution in [3.8, 4) is 0 Å². The quantitative estimate of drug-likeness (QED) is 0.138. The smallest absolute Gasteiger partial charge is 0.408 e. The lowest BCUT2D eigenvalue weighted by Gasteiger charge is -2.23. The molecule has 0 rings (SSSR count). The second kappa shape index (κ2) is 21.5. The largest absolute Gasteiger partial charge is 0.481 e. The number of hydrogen-bond acceptors (Lipinski definition) is 4. The Bertz CT molecular complexity index is 560. The molecule has 0 heterocycles. The van der Waals surface area contributed by atoms with Crippen LogP contribution in [0.25, 0.3) is 0 Å². The summed E-state index contributed by atoms with van der Waals surface area (Å²) in [6.45, 7) is 7.98. The Labute approximate surface area is 214 Å². The van der Waals surface area contributed by atoms with Crippen LogP contribution in [0.2, 0.25) is 0 Å². The number of amides is 2. The molecule has 35 heavy (non-hydrogen) atoms. The van der Waals surface area contributed by atoms with Gasteiger partial charge in [0.15, 0.2) is 0 Å². The van der Waals surface area contributed by atoms with E-state index in [0.717, 1.165) is 19.3 Å². The van der Waals surface area contributed by atoms with Gasteiger partial charge in [-0.1, -0.05) is 103 Å². The van der Waals surface area contributed by atoms with E-state index >= 15 is 0 Å². The Morgan fingerprint density at radius 3 is 1.57 bits per heavy atom. The molecule has 0 spiro atoms. The number of ether oxygens (including phenoxy) is 1. The first-order chi connectivity index (χ1) is 16.7. The van der Waals surface area contributed by atoms with Crippen LogP contribution >= 0.6 is 0 Å². The molecule has 0 aliphatic carbocycles. The number of carbonyl (C=O) groups excluding carboxylic acids is 2. The summed E-state index contributed by atoms with van der Waals surface area (Å²) >= 11 is 0. The zero-order valence-electron chi connectivity index (χ0n) is 23.1. The molecule has 0 bridgehead atoms. The number of rotatable bonds is 22. The fraction of sp³-hybridized carbons (Fsp3) is 0.893. The maximum absolute atomic E-state index is 12.4. The minimum atomic E-state index is -1.01. The predicted molar refractivity (Wildman–Crippen MR) is 143 cm³/mol. The van der Waals surface area contributed by atoms with Crippen LogP contribution in [-0.4, -0.2) is 41.3 Å². The molecule has 0 saturated heterocycles. The minimum absolute atomic E-state index is 0.0272. The molecular weight excluding hydrogens is 444 g/mol. The molecule has 0 aromatic rings. The molecule has 7 heteroatoms. The highest BCUT2D eigenvalue weighted by Gasteiger charge is 2.24. The molecule has 0 aromatic heterocycles. The van der Waals surface area contributed by atoms with Crippen LogP contribution < -0.4 is 10.6 Å². The summed E-state index contributed by atoms with van der Waals surface area (Å²) in [7, 11) is 0. The minimum Gasteiger partial charge on any atom is -0.481 e. The van der Waals surface area contributed by atoms with E-state index in [4.69, 9.17) is 9.84 Å². The summed E-state index contributed by atoms with van der Waals surface area (Å²) in [4.78, 5) is 35.3. The van der Waals surface area contributed by atoms with E-state index in [1.165, 1.54) is 83.5 Å². The second-order valence-corrected chi connectivity index (χ2v) is 10.7. The van der Waals surface area contributed by atoms with Crippen molar-refractivity contribution in [2.75, 3.05) is 6.54 Å². The van der Waals surface area contributed by atoms with Gasteiger partial charge in [-0.2, -0.15) is 0 Å². The fourth-order valence-corrected chi connectivity index (χ4v) is 3.99. The van der Waals surface area contributed by atoms with E-state index < -0.39 is 23.7 Å². The van der Waals surface area contributed by atoms with E-state index in [0.29, 0.717) is 6.54 Å². The number of carboxylic acid groups (broad SMARTS) is 1. The first kappa shape index (κ1) is 33.2. The predicted octanol–water partition coefficient (Wildman–Crippen LogP) is 7.12. The average Bonchev–Trinajstić information content (AvgIpc) is 2.77. The van der Waals surface area contributed by atoms with Crippen molar-refractivity contribution in [1.29, 1.82) is 0 Å². The van der Waals surface area contributed by atoms with Crippen LogP contribution in [0, 0.1) is 0 Å². The molecule has 0 unspecified atom stereocenters. The molecule has 0 aliphatic rings. The zero-order chi connectivity index (χ0) is 26.4. The summed E-state index contributed by atoms with van der Waals surface area (Å²) in [5, 5.41) is 14.2. The van der Waals surface area contributed by atoms with E-state index in [2.05, 4.69) is 17.6 Å². The van der Waals surface area contributed by atoms with Crippen LogP contribution in [0.4, 0.5) is 4.79 Å². The molecule has 0 aliphatic heterocycles. The lowest BCUT2D eigenvalue weighted by Crippen LogP contribution is -2.48. The van der Waals surface area contributed by atoms with Gasteiger partial charge >= 0.3 is 12.1 Å². The van der Waals surface area contributed by atoms with E-state index in [9.17, 15) is 14.4 Å². The third kappa shape index (κ3) is 23.7. The molecule has 2 amide bonds. The van der Waals surface area contributed by atoms with Gasteiger partial charge in [0.2, 0.25) is 5.91 Å². The van der Waals surface area contributed by atoms with Crippen LogP contribution in [0.5, 0.6) is 0 Å². The zero-order valence-corrected chi connectivity index (χ0v) is 23.1. The van der Waals surface area contributed by atoms with Crippen LogP contribution in [0.3, 0.4) is 0 Å². The molecule has 0 radical (unpaired) electrons. The third-order valence-electron chi connectivity index (χ3n) is 5.98. The molecule has 1 atom stereocenters. The van der Waals surface area contributed by atoms with Gasteiger partial charge in [0.25, 0.3) is 0 Å². The van der Waals surface area contributed by atoms with Crippen molar-refractivity contribution in [1.82, 2.24) is 10.6 Å². The van der Waals surface area contributed by atoms with Gasteiger partial charge in [0, 0.05) is 13.0 Å². The molecule has 0 saturated carbocycles. The number of alkyl carbamates (subject to hydrolysis) is 1. The first-order valence-electron chi connectivity index (χ1n) is 14.1. The second-order valence-electron chi connectivity index (χ2n) is 10.7. The number of carbonyl (C=O) groups is 3. The summed E-state index contributed by atoms with van der Waals surface area (Å²) in [6, 6.07) is -0.915. The lowest BCUT2D eigenvalue weighted by atomic mass is 10.0. The van der Waals surface area contributed by atoms with Gasteiger partial charge < -0.3 is 20.5 Å². The van der Waals surface area contributed by atoms with Gasteiger partial charge in [-0.25, -0.2) is 4.79 Å². The third-order valence-corrected chi connectivity index (χ3v) is 5.98. The van der Waals surface area contributed by atoms with Crippen molar-refractivity contribution in [2.45, 2.75) is 155 Å². The maximum Gasteiger partial charge on any atom is 0.408 e. The number of nitrogens with one attached hydrogen (secondary N) is 2. The molecule has 0 fully saturated rings. The Balaban J connectivity index is 3.78. The Morgan fingerprint density at radius 2 is 1.17 bits per heavy atom. The number of aliphatic carboxylic acids is 1. The Morgan fingerprint density at radius 1 is 0.743 bits per heavy atom. The lowest BCUT2D eigenvalue weighted by molar-refractivity contribution is -0.137. The van der Waals surface area contributed by atoms with Gasteiger partial charge in [-0.15, -0.1) is 0 Å². The summed E-state index contributed by atoms with van der Waals surface area (Å²) < 4.78 is 5.19. The SMILES string of the molecule is CCCCCCCCCCCCCCCCCCNC(=O)[C@H](CCC(=O)O)NC(=O)OC(C)(C)C. The van der Waals surface area contributed by atoms with Gasteiger partial charge in [-0.05, 0) is 33.6 Å². The van der Waals surface area contributed by atoms with Crippen LogP contribution in [0.1, 0.15) is 143 Å². The summed E-state index contributed by atoms with van der Waals surface area (Å²) in [6.07, 6.45) is 19.8. The Kier molecular flexibility index (Phi) is 20.4. The highest BCUT2D eigenvalue weighted by molar-refractivity contribution is 5.86. The summed E-state index contributed by atoms with van der Waals surface area (Å²) in [5.41, 5.74) is -0.689. The van der Waals surface area contributed by atoms with Gasteiger partial charge in [0.1, 0.15) is 11.6 Å². The van der Waals surface area contributed by atoms with Gasteiger partial charge in [-0.3, -0.25) is 9.59 Å². The molecule has 3 N–H and O–H groups in total. The topological polar surface area (TPSA) is 105 Å². The number of hydrogen-bond donors (Lipinski definition) is 3. The van der Waals surface area contributed by atoms with E-state index in [-0.39, 0.29) is 18.7 Å². The molecule has 0 aromatic carbocycles. The maximum atomic E-state index is 12.4.